The highest BCUT2D eigenvalue weighted by molar-refractivity contribution is 7.99. The fourth-order valence-corrected chi connectivity index (χ4v) is 3.72. The molecular weight excluding hydrogens is 461 g/mol. The lowest BCUT2D eigenvalue weighted by molar-refractivity contribution is -0.289. The quantitative estimate of drug-likeness (QED) is 0.318. The number of hydrogen-bond acceptors (Lipinski definition) is 3. The molecule has 168 valence electrons. The van der Waals surface area contributed by atoms with Gasteiger partial charge in [-0.1, -0.05) is 6.92 Å². The molecule has 0 saturated heterocycles. The fraction of sp³-hybridized carbons (Fsp3) is 0.333. The van der Waals surface area contributed by atoms with Crippen LogP contribution in [0.1, 0.15) is 18.1 Å². The summed E-state index contributed by atoms with van der Waals surface area (Å²) in [6.07, 6.45) is -9.86. The summed E-state index contributed by atoms with van der Waals surface area (Å²) in [5, 5.41) is -0.645. The van der Waals surface area contributed by atoms with Crippen LogP contribution in [-0.2, 0) is 19.1 Å². The number of aromatic nitrogens is 3. The van der Waals surface area contributed by atoms with Crippen molar-refractivity contribution >= 4 is 22.8 Å². The van der Waals surface area contributed by atoms with Gasteiger partial charge in [-0.3, -0.25) is 4.98 Å². The number of nitrogens with zero attached hydrogens (tertiary/aromatic N) is 3. The van der Waals surface area contributed by atoms with Gasteiger partial charge in [0.1, 0.15) is 17.0 Å². The second-order valence-electron chi connectivity index (χ2n) is 6.39. The average Bonchev–Trinajstić information content (AvgIpc) is 2.90. The first kappa shape index (κ1) is 23.2. The van der Waals surface area contributed by atoms with Crippen LogP contribution in [0.3, 0.4) is 0 Å². The Morgan fingerprint density at radius 1 is 0.935 bits per heavy atom. The number of hydrogen-bond donors (Lipinski definition) is 0. The van der Waals surface area contributed by atoms with Gasteiger partial charge in [0.05, 0.1) is 10.9 Å². The minimum absolute atomic E-state index is 0.0389. The molecule has 0 radical (unpaired) electrons. The van der Waals surface area contributed by atoms with E-state index in [4.69, 9.17) is 0 Å². The predicted octanol–water partition coefficient (Wildman–Crippen LogP) is 6.56. The lowest BCUT2D eigenvalue weighted by Gasteiger charge is -2.19. The van der Waals surface area contributed by atoms with Gasteiger partial charge in [0.2, 0.25) is 0 Å². The first-order chi connectivity index (χ1) is 14.2. The molecular formula is C18H12F9N3S. The van der Waals surface area contributed by atoms with Crippen molar-refractivity contribution < 1.29 is 39.5 Å². The summed E-state index contributed by atoms with van der Waals surface area (Å²) in [6, 6.07) is 1.09. The third-order valence-corrected chi connectivity index (χ3v) is 5.30. The van der Waals surface area contributed by atoms with Gasteiger partial charge in [-0.25, -0.2) is 9.37 Å². The van der Waals surface area contributed by atoms with E-state index in [1.807, 2.05) is 0 Å². The van der Waals surface area contributed by atoms with Crippen molar-refractivity contribution in [3.63, 3.8) is 0 Å². The van der Waals surface area contributed by atoms with Crippen LogP contribution < -0.4 is 0 Å². The minimum atomic E-state index is -5.92. The molecule has 31 heavy (non-hydrogen) atoms. The molecule has 0 amide bonds. The molecule has 0 spiro atoms. The van der Waals surface area contributed by atoms with Gasteiger partial charge in [-0.05, 0) is 17.9 Å². The molecule has 3 heterocycles. The maximum Gasteiger partial charge on any atom is 0.458 e. The van der Waals surface area contributed by atoms with Gasteiger partial charge in [0.15, 0.2) is 5.82 Å². The van der Waals surface area contributed by atoms with Crippen LogP contribution in [0, 0.1) is 5.82 Å². The number of rotatable bonds is 4. The van der Waals surface area contributed by atoms with E-state index in [9.17, 15) is 35.1 Å². The zero-order valence-corrected chi connectivity index (χ0v) is 16.5. The number of thioether (sulfide) groups is 1. The van der Waals surface area contributed by atoms with Gasteiger partial charge in [0.25, 0.3) is 0 Å². The first-order valence-corrected chi connectivity index (χ1v) is 9.48. The Kier molecular flexibility index (Phi) is 5.70. The molecule has 3 aromatic rings. The van der Waals surface area contributed by atoms with Gasteiger partial charge in [-0.15, -0.1) is 11.8 Å². The Labute approximate surface area is 173 Å². The van der Waals surface area contributed by atoms with E-state index in [0.29, 0.717) is 18.0 Å². The number of alkyl halides is 8. The van der Waals surface area contributed by atoms with E-state index in [0.717, 1.165) is 22.4 Å². The molecule has 0 N–H and O–H groups in total. The van der Waals surface area contributed by atoms with E-state index in [1.165, 1.54) is 7.05 Å². The molecule has 0 aliphatic rings. The zero-order chi connectivity index (χ0) is 23.4. The van der Waals surface area contributed by atoms with E-state index >= 15 is 4.39 Å². The number of fused-ring (bicyclic) bond motifs is 1. The second kappa shape index (κ2) is 7.61. The minimum Gasteiger partial charge on any atom is -0.325 e. The molecule has 0 aliphatic heterocycles. The van der Waals surface area contributed by atoms with E-state index in [1.54, 1.807) is 6.92 Å². The number of halogens is 9. The molecule has 0 aliphatic carbocycles. The van der Waals surface area contributed by atoms with Crippen LogP contribution in [0.15, 0.2) is 29.4 Å². The molecule has 0 fully saturated rings. The van der Waals surface area contributed by atoms with Gasteiger partial charge >= 0.3 is 18.3 Å². The van der Waals surface area contributed by atoms with Crippen molar-refractivity contribution in [1.82, 2.24) is 14.5 Å². The van der Waals surface area contributed by atoms with Crippen molar-refractivity contribution in [2.75, 3.05) is 5.75 Å². The standard InChI is InChI=1S/C18H12F9N3S/c1-3-31-11-5-9(17(22,23)24)7-28-13(11)14-12(19)10-4-8(6-29-15(10)30(14)2)16(20,21)18(25,26)27/h4-7H,3H2,1-2H3. The SMILES string of the molecule is CCSc1cc(C(F)(F)F)cnc1-c1c(F)c2cc(C(F)(F)C(F)(F)F)cnc2n1C. The van der Waals surface area contributed by atoms with Crippen molar-refractivity contribution in [3.8, 4) is 11.4 Å². The van der Waals surface area contributed by atoms with Gasteiger partial charge in [-0.2, -0.15) is 35.1 Å². The first-order valence-electron chi connectivity index (χ1n) is 8.49. The van der Waals surface area contributed by atoms with Crippen molar-refractivity contribution in [3.05, 3.63) is 41.5 Å². The third-order valence-electron chi connectivity index (χ3n) is 4.39. The van der Waals surface area contributed by atoms with E-state index in [-0.39, 0.29) is 28.1 Å². The molecule has 0 unspecified atom stereocenters. The number of aryl methyl sites for hydroxylation is 1. The maximum absolute atomic E-state index is 15.1. The molecule has 0 bridgehead atoms. The van der Waals surface area contributed by atoms with E-state index in [2.05, 4.69) is 9.97 Å². The van der Waals surface area contributed by atoms with Crippen LogP contribution in [0.2, 0.25) is 0 Å². The van der Waals surface area contributed by atoms with E-state index < -0.39 is 40.6 Å². The fourth-order valence-electron chi connectivity index (χ4n) is 2.91. The Bertz CT molecular complexity index is 1130. The zero-order valence-electron chi connectivity index (χ0n) is 15.7. The summed E-state index contributed by atoms with van der Waals surface area (Å²) < 4.78 is 121. The Morgan fingerprint density at radius 2 is 1.55 bits per heavy atom. The lowest BCUT2D eigenvalue weighted by Crippen LogP contribution is -2.33. The largest absolute Gasteiger partial charge is 0.458 e. The summed E-state index contributed by atoms with van der Waals surface area (Å²) >= 11 is 0.933. The van der Waals surface area contributed by atoms with Gasteiger partial charge < -0.3 is 4.57 Å². The normalized spacial score (nSPS) is 13.3. The molecule has 13 heteroatoms. The Hall–Kier alpha value is -2.44. The maximum atomic E-state index is 15.1. The number of pyridine rings is 2. The second-order valence-corrected chi connectivity index (χ2v) is 7.70. The third kappa shape index (κ3) is 3.94. The highest BCUT2D eigenvalue weighted by Crippen LogP contribution is 2.45. The molecule has 0 saturated carbocycles. The summed E-state index contributed by atoms with van der Waals surface area (Å²) in [6.45, 7) is 1.64. The molecule has 0 aromatic carbocycles. The van der Waals surface area contributed by atoms with Crippen LogP contribution in [0.25, 0.3) is 22.4 Å². The summed E-state index contributed by atoms with van der Waals surface area (Å²) in [5.74, 6) is -6.19. The molecule has 0 atom stereocenters. The summed E-state index contributed by atoms with van der Waals surface area (Å²) in [7, 11) is 1.25. The van der Waals surface area contributed by atoms with Crippen LogP contribution in [-0.4, -0.2) is 26.5 Å². The van der Waals surface area contributed by atoms with Gasteiger partial charge in [0, 0.05) is 29.9 Å². The Morgan fingerprint density at radius 3 is 2.10 bits per heavy atom. The highest BCUT2D eigenvalue weighted by atomic mass is 32.2. The van der Waals surface area contributed by atoms with Crippen molar-refractivity contribution in [1.29, 1.82) is 0 Å². The average molecular weight is 473 g/mol. The molecule has 3 rings (SSSR count). The molecule has 3 aromatic heterocycles. The smallest absolute Gasteiger partial charge is 0.325 e. The highest BCUT2D eigenvalue weighted by Gasteiger charge is 2.59. The topological polar surface area (TPSA) is 30.7 Å². The lowest BCUT2D eigenvalue weighted by atomic mass is 10.1. The van der Waals surface area contributed by atoms with Crippen LogP contribution in [0.5, 0.6) is 0 Å². The van der Waals surface area contributed by atoms with Crippen LogP contribution in [0.4, 0.5) is 39.5 Å². The Balaban J connectivity index is 2.25. The molecule has 3 nitrogen and oxygen atoms in total. The predicted molar refractivity (Wildman–Crippen MR) is 95.3 cm³/mol. The van der Waals surface area contributed by atoms with Crippen molar-refractivity contribution in [2.45, 2.75) is 30.1 Å². The summed E-state index contributed by atoms with van der Waals surface area (Å²) in [5.41, 5.74) is -3.52. The monoisotopic (exact) mass is 473 g/mol. The van der Waals surface area contributed by atoms with Crippen LogP contribution >= 0.6 is 11.8 Å². The van der Waals surface area contributed by atoms with Crippen molar-refractivity contribution in [2.24, 2.45) is 7.05 Å². The summed E-state index contributed by atoms with van der Waals surface area (Å²) in [4.78, 5) is 7.19.